The van der Waals surface area contributed by atoms with Gasteiger partial charge in [0.15, 0.2) is 11.6 Å². The first kappa shape index (κ1) is 22.6. The van der Waals surface area contributed by atoms with Crippen molar-refractivity contribution < 1.29 is 23.1 Å². The molecular formula is C22H21F2N5O3S. The molecule has 1 aliphatic rings. The lowest BCUT2D eigenvalue weighted by atomic mass is 10.2. The van der Waals surface area contributed by atoms with Gasteiger partial charge in [-0.25, -0.2) is 13.6 Å². The molecule has 33 heavy (non-hydrogen) atoms. The van der Waals surface area contributed by atoms with Crippen LogP contribution in [0, 0.1) is 18.6 Å². The Balaban J connectivity index is 1.47. The molecule has 2 aromatic carbocycles. The molecule has 1 unspecified atom stereocenters. The van der Waals surface area contributed by atoms with Crippen LogP contribution in [-0.2, 0) is 0 Å². The summed E-state index contributed by atoms with van der Waals surface area (Å²) >= 11 is 1.05. The molecule has 3 aromatic rings. The van der Waals surface area contributed by atoms with Crippen molar-refractivity contribution in [2.24, 2.45) is 0 Å². The molecule has 1 aromatic heterocycles. The number of nitrogens with one attached hydrogen (secondary N) is 2. The van der Waals surface area contributed by atoms with Crippen molar-refractivity contribution >= 4 is 34.6 Å². The van der Waals surface area contributed by atoms with E-state index in [1.807, 2.05) is 19.1 Å². The van der Waals surface area contributed by atoms with E-state index in [4.69, 9.17) is 4.74 Å². The third kappa shape index (κ3) is 4.92. The van der Waals surface area contributed by atoms with E-state index in [9.17, 15) is 18.4 Å². The topological polar surface area (TPSA) is 96.4 Å². The van der Waals surface area contributed by atoms with Gasteiger partial charge in [0, 0.05) is 18.3 Å². The summed E-state index contributed by atoms with van der Waals surface area (Å²) in [5.74, 6) is -2.11. The Hall–Kier alpha value is -3.60. The van der Waals surface area contributed by atoms with Crippen LogP contribution in [0.5, 0.6) is 5.75 Å². The highest BCUT2D eigenvalue weighted by Crippen LogP contribution is 2.35. The van der Waals surface area contributed by atoms with E-state index >= 15 is 0 Å². The highest BCUT2D eigenvalue weighted by atomic mass is 32.1. The van der Waals surface area contributed by atoms with E-state index < -0.39 is 17.5 Å². The van der Waals surface area contributed by atoms with Crippen LogP contribution in [0.1, 0.15) is 39.3 Å². The summed E-state index contributed by atoms with van der Waals surface area (Å²) in [7, 11) is 1.53. The summed E-state index contributed by atoms with van der Waals surface area (Å²) in [5.41, 5.74) is 1.64. The van der Waals surface area contributed by atoms with Crippen LogP contribution < -0.4 is 15.4 Å². The lowest BCUT2D eigenvalue weighted by molar-refractivity contribution is 0.102. The third-order valence-corrected chi connectivity index (χ3v) is 6.23. The minimum atomic E-state index is -1.07. The van der Waals surface area contributed by atoms with Crippen LogP contribution in [0.25, 0.3) is 0 Å². The van der Waals surface area contributed by atoms with Crippen LogP contribution in [0.2, 0.25) is 0 Å². The first-order valence-electron chi connectivity index (χ1n) is 10.2. The Kier molecular flexibility index (Phi) is 6.50. The van der Waals surface area contributed by atoms with Gasteiger partial charge in [0.25, 0.3) is 5.91 Å². The van der Waals surface area contributed by atoms with Crippen LogP contribution in [0.4, 0.5) is 25.0 Å². The van der Waals surface area contributed by atoms with Gasteiger partial charge < -0.3 is 20.3 Å². The van der Waals surface area contributed by atoms with E-state index in [1.165, 1.54) is 13.2 Å². The maximum atomic E-state index is 13.4. The summed E-state index contributed by atoms with van der Waals surface area (Å²) in [4.78, 5) is 27.1. The second kappa shape index (κ2) is 9.49. The number of hydrogen-bond acceptors (Lipinski definition) is 6. The number of hydrogen-bond donors (Lipinski definition) is 2. The average Bonchev–Trinajstić information content (AvgIpc) is 3.46. The van der Waals surface area contributed by atoms with Gasteiger partial charge in [0.05, 0.1) is 18.8 Å². The number of nitrogens with zero attached hydrogens (tertiary/aromatic N) is 3. The standard InChI is InChI=1S/C22H21F2N5O3S/c1-12-5-8-18(32-2)16(10-12)26-22(31)29-9-3-4-17(29)20-27-28-21(33-20)19(30)25-13-6-7-14(23)15(24)11-13/h5-8,10-11,17H,3-4,9H2,1-2H3,(H,25,30)(H,26,31). The number of benzene rings is 2. The number of aromatic nitrogens is 2. The number of halogens is 2. The van der Waals surface area contributed by atoms with Crippen molar-refractivity contribution in [2.45, 2.75) is 25.8 Å². The predicted octanol–water partition coefficient (Wildman–Crippen LogP) is 4.75. The zero-order valence-electron chi connectivity index (χ0n) is 17.9. The molecule has 172 valence electrons. The Morgan fingerprint density at radius 2 is 1.94 bits per heavy atom. The van der Waals surface area contributed by atoms with E-state index in [1.54, 1.807) is 11.0 Å². The van der Waals surface area contributed by atoms with Crippen molar-refractivity contribution in [3.05, 3.63) is 63.6 Å². The summed E-state index contributed by atoms with van der Waals surface area (Å²) in [6.45, 7) is 2.45. The van der Waals surface area contributed by atoms with Crippen LogP contribution in [-0.4, -0.2) is 40.7 Å². The first-order chi connectivity index (χ1) is 15.9. The zero-order chi connectivity index (χ0) is 23.5. The summed E-state index contributed by atoms with van der Waals surface area (Å²) in [5, 5.41) is 14.0. The second-order valence-electron chi connectivity index (χ2n) is 7.51. The number of carbonyl (C=O) groups excluding carboxylic acids is 2. The molecule has 3 amide bonds. The Labute approximate surface area is 192 Å². The molecule has 1 fully saturated rings. The fourth-order valence-corrected chi connectivity index (χ4v) is 4.48. The molecule has 1 atom stereocenters. The van der Waals surface area contributed by atoms with Gasteiger partial charge in [-0.3, -0.25) is 4.79 Å². The Morgan fingerprint density at radius 1 is 1.12 bits per heavy atom. The van der Waals surface area contributed by atoms with Crippen LogP contribution >= 0.6 is 11.3 Å². The lowest BCUT2D eigenvalue weighted by Gasteiger charge is -2.23. The molecule has 0 radical (unpaired) electrons. The molecule has 4 rings (SSSR count). The van der Waals surface area contributed by atoms with Crippen molar-refractivity contribution in [3.63, 3.8) is 0 Å². The number of carbonyl (C=O) groups is 2. The molecule has 2 N–H and O–H groups in total. The maximum Gasteiger partial charge on any atom is 0.322 e. The normalized spacial score (nSPS) is 15.4. The largest absolute Gasteiger partial charge is 0.495 e. The van der Waals surface area contributed by atoms with Crippen molar-refractivity contribution in [1.82, 2.24) is 15.1 Å². The van der Waals surface area contributed by atoms with E-state index in [0.717, 1.165) is 35.5 Å². The Bertz CT molecular complexity index is 1200. The number of urea groups is 1. The van der Waals surface area contributed by atoms with Crippen LogP contribution in [0.15, 0.2) is 36.4 Å². The SMILES string of the molecule is COc1ccc(C)cc1NC(=O)N1CCCC1c1nnc(C(=O)Nc2ccc(F)c(F)c2)s1. The predicted molar refractivity (Wildman–Crippen MR) is 120 cm³/mol. The highest BCUT2D eigenvalue weighted by Gasteiger charge is 2.33. The summed E-state index contributed by atoms with van der Waals surface area (Å²) < 4.78 is 31.8. The van der Waals surface area contributed by atoms with Gasteiger partial charge in [-0.1, -0.05) is 17.4 Å². The monoisotopic (exact) mass is 473 g/mol. The number of rotatable bonds is 5. The van der Waals surface area contributed by atoms with Gasteiger partial charge in [0.1, 0.15) is 10.8 Å². The average molecular weight is 474 g/mol. The Morgan fingerprint density at radius 3 is 2.70 bits per heavy atom. The van der Waals surface area contributed by atoms with Gasteiger partial charge in [0.2, 0.25) is 5.01 Å². The molecule has 11 heteroatoms. The molecule has 0 bridgehead atoms. The fourth-order valence-electron chi connectivity index (χ4n) is 3.59. The number of methoxy groups -OCH3 is 1. The molecule has 8 nitrogen and oxygen atoms in total. The van der Waals surface area contributed by atoms with Crippen molar-refractivity contribution in [1.29, 1.82) is 0 Å². The number of anilines is 2. The van der Waals surface area contributed by atoms with Crippen LogP contribution in [0.3, 0.4) is 0 Å². The number of aryl methyl sites for hydroxylation is 1. The minimum Gasteiger partial charge on any atom is -0.495 e. The molecule has 0 spiro atoms. The van der Waals surface area contributed by atoms with E-state index in [-0.39, 0.29) is 22.8 Å². The molecule has 2 heterocycles. The number of likely N-dealkylation sites (tertiary alicyclic amines) is 1. The molecule has 0 aliphatic carbocycles. The summed E-state index contributed by atoms with van der Waals surface area (Å²) in [6.07, 6.45) is 1.46. The second-order valence-corrected chi connectivity index (χ2v) is 8.52. The maximum absolute atomic E-state index is 13.4. The molecule has 1 aliphatic heterocycles. The molecule has 1 saturated heterocycles. The van der Waals surface area contributed by atoms with Crippen molar-refractivity contribution in [2.75, 3.05) is 24.3 Å². The highest BCUT2D eigenvalue weighted by molar-refractivity contribution is 7.13. The first-order valence-corrected chi connectivity index (χ1v) is 11.0. The van der Waals surface area contributed by atoms with Gasteiger partial charge in [-0.15, -0.1) is 10.2 Å². The summed E-state index contributed by atoms with van der Waals surface area (Å²) in [6, 6.07) is 7.93. The molecule has 0 saturated carbocycles. The lowest BCUT2D eigenvalue weighted by Crippen LogP contribution is -2.34. The van der Waals surface area contributed by atoms with E-state index in [0.29, 0.717) is 29.4 Å². The van der Waals surface area contributed by atoms with Gasteiger partial charge >= 0.3 is 6.03 Å². The third-order valence-electron chi connectivity index (χ3n) is 5.21. The van der Waals surface area contributed by atoms with Crippen molar-refractivity contribution in [3.8, 4) is 5.75 Å². The van der Waals surface area contributed by atoms with Gasteiger partial charge in [-0.05, 0) is 49.6 Å². The number of ether oxygens (including phenoxy) is 1. The zero-order valence-corrected chi connectivity index (χ0v) is 18.7. The van der Waals surface area contributed by atoms with E-state index in [2.05, 4.69) is 20.8 Å². The van der Waals surface area contributed by atoms with Gasteiger partial charge in [-0.2, -0.15) is 0 Å². The number of amides is 3. The quantitative estimate of drug-likeness (QED) is 0.557. The fraction of sp³-hybridized carbons (Fsp3) is 0.273. The minimum absolute atomic E-state index is 0.0577. The smallest absolute Gasteiger partial charge is 0.322 e. The molecular weight excluding hydrogens is 452 g/mol.